The van der Waals surface area contributed by atoms with Crippen molar-refractivity contribution in [2.75, 3.05) is 11.9 Å². The lowest BCUT2D eigenvalue weighted by molar-refractivity contribution is 0.276. The van der Waals surface area contributed by atoms with Crippen LogP contribution in [0, 0.1) is 18.6 Å². The van der Waals surface area contributed by atoms with Crippen molar-refractivity contribution in [3.8, 4) is 22.4 Å². The number of nitrogens with zero attached hydrogens (tertiary/aromatic N) is 2. The molecule has 1 atom stereocenters. The van der Waals surface area contributed by atoms with Crippen LogP contribution in [0.15, 0.2) is 79.0 Å². The summed E-state index contributed by atoms with van der Waals surface area (Å²) in [6.45, 7) is 1.80. The Labute approximate surface area is 195 Å². The van der Waals surface area contributed by atoms with Gasteiger partial charge >= 0.3 is 0 Å². The van der Waals surface area contributed by atoms with Gasteiger partial charge in [-0.3, -0.25) is 10.1 Å². The number of hydrogen-bond acceptors (Lipinski definition) is 4. The van der Waals surface area contributed by atoms with Crippen LogP contribution >= 0.6 is 0 Å². The number of rotatable bonds is 6. The first kappa shape index (κ1) is 21.7. The number of H-pyrrole nitrogens is 1. The molecule has 7 heteroatoms. The van der Waals surface area contributed by atoms with E-state index in [0.717, 1.165) is 45.9 Å². The van der Waals surface area contributed by atoms with Crippen molar-refractivity contribution in [1.29, 1.82) is 0 Å². The topological polar surface area (TPSA) is 73.8 Å². The lowest BCUT2D eigenvalue weighted by Gasteiger charge is -2.19. The van der Waals surface area contributed by atoms with Crippen LogP contribution in [-0.2, 0) is 0 Å². The predicted octanol–water partition coefficient (Wildman–Crippen LogP) is 6.02. The van der Waals surface area contributed by atoms with E-state index in [1.807, 2.05) is 61.5 Å². The van der Waals surface area contributed by atoms with Crippen LogP contribution in [0.4, 0.5) is 14.5 Å². The second-order valence-corrected chi connectivity index (χ2v) is 8.12. The standard InChI is InChI=1S/C27H22F2N4O/c1-16-21-11-18(7-10-25(21)33-32-16)22-13-20(31-26(15-34)17-5-3-2-4-6-17)14-30-27(22)23-12-19(28)8-9-24(23)29/h2-14,26,31,34H,15H2,1H3,(H,32,33). The van der Waals surface area contributed by atoms with Crippen molar-refractivity contribution < 1.29 is 13.9 Å². The van der Waals surface area contributed by atoms with E-state index < -0.39 is 11.6 Å². The summed E-state index contributed by atoms with van der Waals surface area (Å²) in [5.74, 6) is -1.11. The van der Waals surface area contributed by atoms with Gasteiger partial charge in [-0.25, -0.2) is 8.78 Å². The molecule has 3 N–H and O–H groups in total. The van der Waals surface area contributed by atoms with Crippen molar-refractivity contribution in [3.05, 3.63) is 102 Å². The molecule has 34 heavy (non-hydrogen) atoms. The average Bonchev–Trinajstić information content (AvgIpc) is 3.24. The Balaban J connectivity index is 1.65. The van der Waals surface area contributed by atoms with E-state index in [9.17, 15) is 13.9 Å². The van der Waals surface area contributed by atoms with Crippen LogP contribution < -0.4 is 5.32 Å². The van der Waals surface area contributed by atoms with Crippen LogP contribution in [0.5, 0.6) is 0 Å². The Morgan fingerprint density at radius 3 is 2.59 bits per heavy atom. The molecule has 0 amide bonds. The maximum Gasteiger partial charge on any atom is 0.132 e. The van der Waals surface area contributed by atoms with Gasteiger partial charge in [-0.05, 0) is 54.4 Å². The molecule has 5 rings (SSSR count). The molecule has 5 aromatic rings. The van der Waals surface area contributed by atoms with E-state index in [1.54, 1.807) is 6.20 Å². The second kappa shape index (κ2) is 9.03. The van der Waals surface area contributed by atoms with Gasteiger partial charge in [0, 0.05) is 22.2 Å². The molecule has 0 saturated heterocycles. The van der Waals surface area contributed by atoms with Crippen LogP contribution in [0.3, 0.4) is 0 Å². The molecule has 0 aliphatic heterocycles. The molecule has 5 nitrogen and oxygen atoms in total. The molecule has 0 saturated carbocycles. The molecule has 1 unspecified atom stereocenters. The fourth-order valence-corrected chi connectivity index (χ4v) is 4.08. The smallest absolute Gasteiger partial charge is 0.132 e. The molecule has 170 valence electrons. The molecule has 0 aliphatic rings. The number of aliphatic hydroxyl groups excluding tert-OH is 1. The van der Waals surface area contributed by atoms with Crippen molar-refractivity contribution in [2.45, 2.75) is 13.0 Å². The number of aromatic nitrogens is 3. The molecular weight excluding hydrogens is 434 g/mol. The lowest BCUT2D eigenvalue weighted by atomic mass is 9.97. The van der Waals surface area contributed by atoms with E-state index in [2.05, 4.69) is 20.5 Å². The molecule has 0 spiro atoms. The molecule has 3 aromatic carbocycles. The SMILES string of the molecule is Cc1[nH]nc2ccc(-c3cc(NC(CO)c4ccccc4)cnc3-c3cc(F)ccc3F)cc12. The number of hydrogen-bond donors (Lipinski definition) is 3. The van der Waals surface area contributed by atoms with Crippen molar-refractivity contribution in [1.82, 2.24) is 15.2 Å². The molecule has 0 aliphatic carbocycles. The summed E-state index contributed by atoms with van der Waals surface area (Å²) < 4.78 is 28.8. The van der Waals surface area contributed by atoms with Crippen LogP contribution in [0.1, 0.15) is 17.3 Å². The first-order valence-electron chi connectivity index (χ1n) is 10.9. The average molecular weight is 456 g/mol. The maximum atomic E-state index is 14.7. The van der Waals surface area contributed by atoms with Gasteiger partial charge in [-0.1, -0.05) is 36.4 Å². The van der Waals surface area contributed by atoms with Crippen molar-refractivity contribution >= 4 is 16.6 Å². The van der Waals surface area contributed by atoms with Crippen LogP contribution in [0.25, 0.3) is 33.3 Å². The highest BCUT2D eigenvalue weighted by Gasteiger charge is 2.18. The summed E-state index contributed by atoms with van der Waals surface area (Å²) in [5.41, 5.74) is 5.09. The predicted molar refractivity (Wildman–Crippen MR) is 129 cm³/mol. The van der Waals surface area contributed by atoms with Gasteiger partial charge in [0.1, 0.15) is 11.6 Å². The Morgan fingerprint density at radius 1 is 0.971 bits per heavy atom. The van der Waals surface area contributed by atoms with E-state index in [-0.39, 0.29) is 18.2 Å². The van der Waals surface area contributed by atoms with E-state index in [0.29, 0.717) is 16.9 Å². The Hall–Kier alpha value is -4.10. The number of nitrogens with one attached hydrogen (secondary N) is 2. The quantitative estimate of drug-likeness (QED) is 0.292. The molecule has 0 bridgehead atoms. The number of halogens is 2. The molecular formula is C27H22F2N4O. The molecule has 0 radical (unpaired) electrons. The number of aryl methyl sites for hydroxylation is 1. The minimum atomic E-state index is -0.561. The number of pyridine rings is 1. The van der Waals surface area contributed by atoms with Gasteiger partial charge < -0.3 is 10.4 Å². The summed E-state index contributed by atoms with van der Waals surface area (Å²) >= 11 is 0. The summed E-state index contributed by atoms with van der Waals surface area (Å²) in [5, 5.41) is 21.4. The first-order valence-corrected chi connectivity index (χ1v) is 10.9. The molecule has 2 aromatic heterocycles. The largest absolute Gasteiger partial charge is 0.394 e. The van der Waals surface area contributed by atoms with Gasteiger partial charge in [0.25, 0.3) is 0 Å². The van der Waals surface area contributed by atoms with Crippen LogP contribution in [-0.4, -0.2) is 26.9 Å². The van der Waals surface area contributed by atoms with Gasteiger partial charge in [0.15, 0.2) is 0 Å². The van der Waals surface area contributed by atoms with Gasteiger partial charge in [-0.15, -0.1) is 0 Å². The fraction of sp³-hybridized carbons (Fsp3) is 0.111. The van der Waals surface area contributed by atoms with E-state index >= 15 is 0 Å². The minimum absolute atomic E-state index is 0.0762. The van der Waals surface area contributed by atoms with Crippen molar-refractivity contribution in [3.63, 3.8) is 0 Å². The third kappa shape index (κ3) is 4.13. The number of benzene rings is 3. The Morgan fingerprint density at radius 2 is 1.79 bits per heavy atom. The lowest BCUT2D eigenvalue weighted by Crippen LogP contribution is -2.15. The van der Waals surface area contributed by atoms with Crippen LogP contribution in [0.2, 0.25) is 0 Å². The highest BCUT2D eigenvalue weighted by molar-refractivity contribution is 5.90. The van der Waals surface area contributed by atoms with E-state index in [4.69, 9.17) is 0 Å². The number of anilines is 1. The highest BCUT2D eigenvalue weighted by atomic mass is 19.1. The van der Waals surface area contributed by atoms with Gasteiger partial charge in [-0.2, -0.15) is 5.10 Å². The molecule has 2 heterocycles. The zero-order chi connectivity index (χ0) is 23.7. The van der Waals surface area contributed by atoms with Gasteiger partial charge in [0.05, 0.1) is 35.7 Å². The Bertz CT molecular complexity index is 1470. The molecule has 0 fully saturated rings. The summed E-state index contributed by atoms with van der Waals surface area (Å²) in [6, 6.07) is 20.1. The third-order valence-corrected chi connectivity index (χ3v) is 5.85. The summed E-state index contributed by atoms with van der Waals surface area (Å²) in [7, 11) is 0. The van der Waals surface area contributed by atoms with Crippen molar-refractivity contribution in [2.24, 2.45) is 0 Å². The number of aliphatic hydroxyl groups is 1. The van der Waals surface area contributed by atoms with E-state index in [1.165, 1.54) is 0 Å². The summed E-state index contributed by atoms with van der Waals surface area (Å²) in [4.78, 5) is 4.52. The minimum Gasteiger partial charge on any atom is -0.394 e. The Kier molecular flexibility index (Phi) is 5.77. The number of aromatic amines is 1. The van der Waals surface area contributed by atoms with Gasteiger partial charge in [0.2, 0.25) is 0 Å². The second-order valence-electron chi connectivity index (χ2n) is 8.12. The fourth-order valence-electron chi connectivity index (χ4n) is 4.08. The summed E-state index contributed by atoms with van der Waals surface area (Å²) in [6.07, 6.45) is 1.57. The zero-order valence-corrected chi connectivity index (χ0v) is 18.4. The maximum absolute atomic E-state index is 14.7. The number of fused-ring (bicyclic) bond motifs is 1. The first-order chi connectivity index (χ1) is 16.5. The third-order valence-electron chi connectivity index (χ3n) is 5.85. The monoisotopic (exact) mass is 456 g/mol. The zero-order valence-electron chi connectivity index (χ0n) is 18.4. The normalized spacial score (nSPS) is 12.1. The highest BCUT2D eigenvalue weighted by Crippen LogP contribution is 2.36.